The summed E-state index contributed by atoms with van der Waals surface area (Å²) in [7, 11) is 0. The van der Waals surface area contributed by atoms with Gasteiger partial charge >= 0.3 is 29.6 Å². The molecule has 1 nitrogen and oxygen atoms in total. The molecule has 2 heteroatoms. The number of aliphatic hydroxyl groups is 1. The van der Waals surface area contributed by atoms with Gasteiger partial charge in [0.25, 0.3) is 0 Å². The van der Waals surface area contributed by atoms with Gasteiger partial charge in [0.2, 0.25) is 0 Å². The van der Waals surface area contributed by atoms with E-state index in [-0.39, 0.29) is 36.2 Å². The van der Waals surface area contributed by atoms with Crippen LogP contribution in [0, 0.1) is 0 Å². The molecule has 0 fully saturated rings. The fraction of sp³-hybridized carbons (Fsp3) is 0.500. The predicted molar refractivity (Wildman–Crippen MR) is 29.0 cm³/mol. The second-order valence-corrected chi connectivity index (χ2v) is 0.801. The first-order valence-corrected chi connectivity index (χ1v) is 1.63. The normalized spacial score (nSPS) is 6.17. The van der Waals surface area contributed by atoms with E-state index in [9.17, 15) is 0 Å². The van der Waals surface area contributed by atoms with Gasteiger partial charge in [0.15, 0.2) is 0 Å². The molecule has 0 aliphatic carbocycles. The van der Waals surface area contributed by atoms with Crippen LogP contribution in [0.2, 0.25) is 0 Å². The molecule has 0 bridgehead atoms. The molecular weight excluding hydrogens is 87.0 g/mol. The second-order valence-electron chi connectivity index (χ2n) is 0.801. The molecule has 0 saturated heterocycles. The van der Waals surface area contributed by atoms with Crippen molar-refractivity contribution in [2.24, 2.45) is 0 Å². The van der Waals surface area contributed by atoms with Gasteiger partial charge in [0.05, 0.1) is 0 Å². The Hall–Kier alpha value is 0.700. The summed E-state index contributed by atoms with van der Waals surface area (Å²) < 4.78 is 0. The molecule has 0 aromatic heterocycles. The van der Waals surface area contributed by atoms with Gasteiger partial charge < -0.3 is 5.11 Å². The van der Waals surface area contributed by atoms with Crippen LogP contribution in [0.5, 0.6) is 0 Å². The van der Waals surface area contributed by atoms with Crippen molar-refractivity contribution in [2.75, 3.05) is 6.61 Å². The molecule has 0 aliphatic rings. The molecule has 0 unspecified atom stereocenters. The van der Waals surface area contributed by atoms with Crippen LogP contribution in [0.15, 0.2) is 12.7 Å². The first-order chi connectivity index (χ1) is 2.41. The summed E-state index contributed by atoms with van der Waals surface area (Å²) in [5, 5.41) is 8.00. The van der Waals surface area contributed by atoms with Gasteiger partial charge in [-0.1, -0.05) is 6.08 Å². The fourth-order valence-corrected chi connectivity index (χ4v) is 0.0913. The standard InChI is InChI=1S/C4H8O.Na.H/c1-2-3-4-5;;/h2,5H,1,3-4H2;;. The molecule has 0 radical (unpaired) electrons. The van der Waals surface area contributed by atoms with Crippen LogP contribution in [0.3, 0.4) is 0 Å². The average molecular weight is 96.1 g/mol. The third kappa shape index (κ3) is 8.83. The zero-order valence-electron chi connectivity index (χ0n) is 3.15. The van der Waals surface area contributed by atoms with E-state index in [0.717, 1.165) is 0 Å². The molecule has 0 saturated carbocycles. The van der Waals surface area contributed by atoms with Crippen LogP contribution in [0.4, 0.5) is 0 Å². The Kier molecular flexibility index (Phi) is 15.1. The molecule has 0 heterocycles. The van der Waals surface area contributed by atoms with Crippen molar-refractivity contribution in [3.05, 3.63) is 12.7 Å². The minimum atomic E-state index is 0. The van der Waals surface area contributed by atoms with E-state index in [1.807, 2.05) is 0 Å². The third-order valence-electron chi connectivity index (χ3n) is 0.333. The first-order valence-electron chi connectivity index (χ1n) is 1.63. The van der Waals surface area contributed by atoms with Crippen LogP contribution >= 0.6 is 0 Å². The summed E-state index contributed by atoms with van der Waals surface area (Å²) >= 11 is 0. The topological polar surface area (TPSA) is 20.2 Å². The molecule has 0 aromatic carbocycles. The van der Waals surface area contributed by atoms with Gasteiger partial charge in [-0.2, -0.15) is 0 Å². The maximum atomic E-state index is 8.00. The molecule has 0 aliphatic heterocycles. The Morgan fingerprint density at radius 1 is 1.67 bits per heavy atom. The third-order valence-corrected chi connectivity index (χ3v) is 0.333. The second kappa shape index (κ2) is 9.20. The maximum absolute atomic E-state index is 8.00. The molecule has 0 rings (SSSR count). The Labute approximate surface area is 60.4 Å². The first kappa shape index (κ1) is 9.85. The van der Waals surface area contributed by atoms with Gasteiger partial charge in [-0.25, -0.2) is 0 Å². The van der Waals surface area contributed by atoms with Crippen molar-refractivity contribution in [2.45, 2.75) is 6.42 Å². The van der Waals surface area contributed by atoms with Crippen LogP contribution in [0.1, 0.15) is 6.42 Å². The molecule has 6 heavy (non-hydrogen) atoms. The van der Waals surface area contributed by atoms with Crippen LogP contribution in [-0.4, -0.2) is 41.3 Å². The van der Waals surface area contributed by atoms with Crippen molar-refractivity contribution in [3.8, 4) is 0 Å². The average Bonchev–Trinajstić information content (AvgIpc) is 1.41. The van der Waals surface area contributed by atoms with Crippen LogP contribution < -0.4 is 0 Å². The van der Waals surface area contributed by atoms with Crippen molar-refractivity contribution in [1.82, 2.24) is 0 Å². The van der Waals surface area contributed by atoms with Crippen LogP contribution in [-0.2, 0) is 0 Å². The van der Waals surface area contributed by atoms with Crippen molar-refractivity contribution >= 4 is 29.6 Å². The summed E-state index contributed by atoms with van der Waals surface area (Å²) in [4.78, 5) is 0. The molecule has 32 valence electrons. The Bertz CT molecular complexity index is 28.7. The van der Waals surface area contributed by atoms with Crippen molar-refractivity contribution in [1.29, 1.82) is 0 Å². The summed E-state index contributed by atoms with van der Waals surface area (Å²) in [5.74, 6) is 0. The number of hydrogen-bond acceptors (Lipinski definition) is 1. The van der Waals surface area contributed by atoms with E-state index in [2.05, 4.69) is 6.58 Å². The summed E-state index contributed by atoms with van der Waals surface area (Å²) in [6, 6.07) is 0. The van der Waals surface area contributed by atoms with E-state index in [1.165, 1.54) is 0 Å². The predicted octanol–water partition coefficient (Wildman–Crippen LogP) is -0.0937. The van der Waals surface area contributed by atoms with Crippen molar-refractivity contribution in [3.63, 3.8) is 0 Å². The van der Waals surface area contributed by atoms with Crippen LogP contribution in [0.25, 0.3) is 0 Å². The zero-order chi connectivity index (χ0) is 4.12. The van der Waals surface area contributed by atoms with E-state index < -0.39 is 0 Å². The quantitative estimate of drug-likeness (QED) is 0.376. The Morgan fingerprint density at radius 3 is 2.17 bits per heavy atom. The van der Waals surface area contributed by atoms with E-state index in [4.69, 9.17) is 5.11 Å². The Balaban J connectivity index is 0. The number of hydrogen-bond donors (Lipinski definition) is 1. The molecule has 0 atom stereocenters. The van der Waals surface area contributed by atoms with E-state index in [1.54, 1.807) is 6.08 Å². The van der Waals surface area contributed by atoms with Crippen molar-refractivity contribution < 1.29 is 5.11 Å². The van der Waals surface area contributed by atoms with E-state index in [0.29, 0.717) is 6.42 Å². The van der Waals surface area contributed by atoms with E-state index >= 15 is 0 Å². The summed E-state index contributed by atoms with van der Waals surface area (Å²) in [6.07, 6.45) is 2.39. The van der Waals surface area contributed by atoms with Gasteiger partial charge in [0.1, 0.15) is 0 Å². The molecule has 0 aromatic rings. The number of aliphatic hydroxyl groups excluding tert-OH is 1. The SMILES string of the molecule is C=CCCO.[NaH]. The fourth-order valence-electron chi connectivity index (χ4n) is 0.0913. The van der Waals surface area contributed by atoms with Gasteiger partial charge in [0, 0.05) is 6.61 Å². The molecule has 0 amide bonds. The molecular formula is C4H9NaO. The van der Waals surface area contributed by atoms with Gasteiger partial charge in [-0.3, -0.25) is 0 Å². The number of rotatable bonds is 2. The van der Waals surface area contributed by atoms with Gasteiger partial charge in [-0.15, -0.1) is 6.58 Å². The molecule has 0 spiro atoms. The summed E-state index contributed by atoms with van der Waals surface area (Å²) in [5.41, 5.74) is 0. The Morgan fingerprint density at radius 2 is 2.17 bits per heavy atom. The minimum absolute atomic E-state index is 0. The van der Waals surface area contributed by atoms with Gasteiger partial charge in [-0.05, 0) is 6.42 Å². The zero-order valence-corrected chi connectivity index (χ0v) is 3.15. The molecule has 1 N–H and O–H groups in total. The summed E-state index contributed by atoms with van der Waals surface area (Å²) in [6.45, 7) is 3.62. The monoisotopic (exact) mass is 96.1 g/mol.